The van der Waals surface area contributed by atoms with Gasteiger partial charge in [0, 0.05) is 25.3 Å². The lowest BCUT2D eigenvalue weighted by molar-refractivity contribution is -0.0238. The molecule has 2 aromatic rings. The predicted octanol–water partition coefficient (Wildman–Crippen LogP) is 3.36. The van der Waals surface area contributed by atoms with Crippen LogP contribution in [0.5, 0.6) is 0 Å². The Hall–Kier alpha value is -1.94. The first kappa shape index (κ1) is 14.0. The molecule has 110 valence electrons. The molecule has 4 heteroatoms. The fourth-order valence-electron chi connectivity index (χ4n) is 2.85. The van der Waals surface area contributed by atoms with Gasteiger partial charge in [-0.25, -0.2) is 4.98 Å². The first-order chi connectivity index (χ1) is 10.3. The number of aryl methyl sites for hydroxylation is 1. The summed E-state index contributed by atoms with van der Waals surface area (Å²) in [7, 11) is 0. The highest BCUT2D eigenvalue weighted by Crippen LogP contribution is 2.33. The summed E-state index contributed by atoms with van der Waals surface area (Å²) in [5, 5.41) is 3.40. The van der Waals surface area contributed by atoms with Crippen LogP contribution < -0.4 is 5.32 Å². The Balaban J connectivity index is 1.67. The van der Waals surface area contributed by atoms with E-state index in [-0.39, 0.29) is 6.10 Å². The number of ether oxygens (including phenoxy) is 1. The van der Waals surface area contributed by atoms with Crippen molar-refractivity contribution in [1.29, 1.82) is 0 Å². The van der Waals surface area contributed by atoms with Crippen LogP contribution in [0, 0.1) is 12.8 Å². The second kappa shape index (κ2) is 6.68. The van der Waals surface area contributed by atoms with Crippen LogP contribution in [0.1, 0.15) is 30.2 Å². The summed E-state index contributed by atoms with van der Waals surface area (Å²) in [6.45, 7) is 3.66. The third-order valence-electron chi connectivity index (χ3n) is 3.87. The Bertz CT molecular complexity index is 573. The Morgan fingerprint density at radius 3 is 2.90 bits per heavy atom. The fourth-order valence-corrected chi connectivity index (χ4v) is 2.85. The van der Waals surface area contributed by atoms with Crippen molar-refractivity contribution in [2.45, 2.75) is 25.9 Å². The highest BCUT2D eigenvalue weighted by molar-refractivity contribution is 5.32. The molecule has 1 N–H and O–H groups in total. The molecule has 0 amide bonds. The quantitative estimate of drug-likeness (QED) is 0.934. The maximum atomic E-state index is 6.01. The zero-order chi connectivity index (χ0) is 14.5. The zero-order valence-corrected chi connectivity index (χ0v) is 12.3. The van der Waals surface area contributed by atoms with Crippen molar-refractivity contribution in [2.75, 3.05) is 18.5 Å². The molecule has 4 nitrogen and oxygen atoms in total. The minimum absolute atomic E-state index is 0.171. The number of rotatable bonds is 4. The van der Waals surface area contributed by atoms with E-state index in [1.54, 1.807) is 12.4 Å². The largest absolute Gasteiger partial charge is 0.373 e. The lowest BCUT2D eigenvalue weighted by Crippen LogP contribution is -2.28. The van der Waals surface area contributed by atoms with E-state index in [1.165, 1.54) is 12.0 Å². The maximum Gasteiger partial charge on any atom is 0.144 e. The van der Waals surface area contributed by atoms with Gasteiger partial charge in [0.2, 0.25) is 0 Å². The van der Waals surface area contributed by atoms with Gasteiger partial charge in [-0.2, -0.15) is 0 Å². The normalized spacial score (nSPS) is 22.0. The molecule has 1 aliphatic rings. The molecule has 2 unspecified atom stereocenters. The molecule has 1 aromatic heterocycles. The SMILES string of the molecule is Cc1cncc(NCC2CCCOC2c2ccccc2)n1. The van der Waals surface area contributed by atoms with Gasteiger partial charge in [-0.1, -0.05) is 30.3 Å². The first-order valence-corrected chi connectivity index (χ1v) is 7.52. The maximum absolute atomic E-state index is 6.01. The number of hydrogen-bond donors (Lipinski definition) is 1. The zero-order valence-electron chi connectivity index (χ0n) is 12.3. The van der Waals surface area contributed by atoms with Gasteiger partial charge < -0.3 is 10.1 Å². The number of benzene rings is 1. The van der Waals surface area contributed by atoms with Gasteiger partial charge in [0.1, 0.15) is 5.82 Å². The first-order valence-electron chi connectivity index (χ1n) is 7.52. The van der Waals surface area contributed by atoms with E-state index in [2.05, 4.69) is 39.6 Å². The van der Waals surface area contributed by atoms with Crippen LogP contribution in [0.2, 0.25) is 0 Å². The molecule has 1 saturated heterocycles. The van der Waals surface area contributed by atoms with E-state index in [0.717, 1.165) is 31.1 Å². The molecule has 0 bridgehead atoms. The number of nitrogens with zero attached hydrogens (tertiary/aromatic N) is 2. The van der Waals surface area contributed by atoms with E-state index in [9.17, 15) is 0 Å². The second-order valence-corrected chi connectivity index (χ2v) is 5.53. The van der Waals surface area contributed by atoms with Crippen molar-refractivity contribution in [1.82, 2.24) is 9.97 Å². The Labute approximate surface area is 125 Å². The van der Waals surface area contributed by atoms with Crippen LogP contribution in [-0.2, 0) is 4.74 Å². The third-order valence-corrected chi connectivity index (χ3v) is 3.87. The number of anilines is 1. The highest BCUT2D eigenvalue weighted by atomic mass is 16.5. The van der Waals surface area contributed by atoms with E-state index in [4.69, 9.17) is 4.74 Å². The molecule has 0 aliphatic carbocycles. The monoisotopic (exact) mass is 283 g/mol. The summed E-state index contributed by atoms with van der Waals surface area (Å²) >= 11 is 0. The van der Waals surface area contributed by atoms with Crippen molar-refractivity contribution in [3.63, 3.8) is 0 Å². The van der Waals surface area contributed by atoms with Gasteiger partial charge in [0.15, 0.2) is 0 Å². The van der Waals surface area contributed by atoms with Crippen LogP contribution in [0.4, 0.5) is 5.82 Å². The molecule has 0 spiro atoms. The van der Waals surface area contributed by atoms with Crippen molar-refractivity contribution in [3.8, 4) is 0 Å². The van der Waals surface area contributed by atoms with Gasteiger partial charge >= 0.3 is 0 Å². The summed E-state index contributed by atoms with van der Waals surface area (Å²) in [5.74, 6) is 1.30. The number of hydrogen-bond acceptors (Lipinski definition) is 4. The molecule has 0 saturated carbocycles. The lowest BCUT2D eigenvalue weighted by Gasteiger charge is -2.32. The number of nitrogens with one attached hydrogen (secondary N) is 1. The second-order valence-electron chi connectivity index (χ2n) is 5.53. The minimum Gasteiger partial charge on any atom is -0.373 e. The van der Waals surface area contributed by atoms with E-state index in [1.807, 2.05) is 13.0 Å². The summed E-state index contributed by atoms with van der Waals surface area (Å²) < 4.78 is 6.01. The molecule has 2 atom stereocenters. The Kier molecular flexibility index (Phi) is 4.46. The molecular weight excluding hydrogens is 262 g/mol. The summed E-state index contributed by atoms with van der Waals surface area (Å²) in [6.07, 6.45) is 6.00. The van der Waals surface area contributed by atoms with Crippen molar-refractivity contribution >= 4 is 5.82 Å². The third kappa shape index (κ3) is 3.58. The lowest BCUT2D eigenvalue weighted by atomic mass is 9.89. The molecule has 1 aliphatic heterocycles. The van der Waals surface area contributed by atoms with Crippen molar-refractivity contribution in [2.24, 2.45) is 5.92 Å². The fraction of sp³-hybridized carbons (Fsp3) is 0.412. The van der Waals surface area contributed by atoms with Gasteiger partial charge in [-0.3, -0.25) is 4.98 Å². The summed E-state index contributed by atoms with van der Waals surface area (Å²) in [6, 6.07) is 10.5. The average Bonchev–Trinajstić information content (AvgIpc) is 2.54. The molecular formula is C17H21N3O. The molecule has 1 aromatic carbocycles. The van der Waals surface area contributed by atoms with E-state index < -0.39 is 0 Å². The van der Waals surface area contributed by atoms with Crippen molar-refractivity contribution < 1.29 is 4.74 Å². The molecule has 21 heavy (non-hydrogen) atoms. The minimum atomic E-state index is 0.171. The molecule has 2 heterocycles. The molecule has 0 radical (unpaired) electrons. The van der Waals surface area contributed by atoms with Gasteiger partial charge in [0.05, 0.1) is 18.0 Å². The van der Waals surface area contributed by atoms with E-state index >= 15 is 0 Å². The summed E-state index contributed by atoms with van der Waals surface area (Å²) in [5.41, 5.74) is 2.19. The molecule has 1 fully saturated rings. The smallest absolute Gasteiger partial charge is 0.144 e. The van der Waals surface area contributed by atoms with Gasteiger partial charge in [0.25, 0.3) is 0 Å². The van der Waals surface area contributed by atoms with Gasteiger partial charge in [-0.05, 0) is 25.3 Å². The number of aromatic nitrogens is 2. The Morgan fingerprint density at radius 2 is 2.10 bits per heavy atom. The Morgan fingerprint density at radius 1 is 1.24 bits per heavy atom. The average molecular weight is 283 g/mol. The molecule has 3 rings (SSSR count). The standard InChI is InChI=1S/C17H21N3O/c1-13-10-18-12-16(20-13)19-11-15-8-5-9-21-17(15)14-6-3-2-4-7-14/h2-4,6-7,10,12,15,17H,5,8-9,11H2,1H3,(H,19,20). The summed E-state index contributed by atoms with van der Waals surface area (Å²) in [4.78, 5) is 8.61. The highest BCUT2D eigenvalue weighted by Gasteiger charge is 2.27. The van der Waals surface area contributed by atoms with Crippen LogP contribution in [0.3, 0.4) is 0 Å². The van der Waals surface area contributed by atoms with Crippen molar-refractivity contribution in [3.05, 3.63) is 54.0 Å². The van der Waals surface area contributed by atoms with Gasteiger partial charge in [-0.15, -0.1) is 0 Å². The predicted molar refractivity (Wildman–Crippen MR) is 83.1 cm³/mol. The van der Waals surface area contributed by atoms with Crippen LogP contribution in [0.15, 0.2) is 42.7 Å². The topological polar surface area (TPSA) is 47.0 Å². The van der Waals surface area contributed by atoms with Crippen LogP contribution >= 0.6 is 0 Å². The van der Waals surface area contributed by atoms with Crippen LogP contribution in [0.25, 0.3) is 0 Å². The van der Waals surface area contributed by atoms with Crippen LogP contribution in [-0.4, -0.2) is 23.1 Å². The van der Waals surface area contributed by atoms with E-state index in [0.29, 0.717) is 5.92 Å².